The van der Waals surface area contributed by atoms with Crippen LogP contribution >= 0.6 is 0 Å². The predicted octanol–water partition coefficient (Wildman–Crippen LogP) is 1.35. The summed E-state index contributed by atoms with van der Waals surface area (Å²) in [6, 6.07) is 1.34. The van der Waals surface area contributed by atoms with E-state index in [1.807, 2.05) is 6.07 Å². The van der Waals surface area contributed by atoms with E-state index in [0.29, 0.717) is 12.2 Å². The van der Waals surface area contributed by atoms with Gasteiger partial charge in [0.2, 0.25) is 5.91 Å². The fraction of sp³-hybridized carbons (Fsp3) is 0.789. The van der Waals surface area contributed by atoms with Gasteiger partial charge >= 0.3 is 0 Å². The molecule has 3 rings (SSSR count). The fourth-order valence-electron chi connectivity index (χ4n) is 4.48. The molecule has 2 heterocycles. The standard InChI is InChI=1S/C19H28FN5O3/c1-18(2)12(6-15-23-16(11-26)28-24-15)4-5-19(18,3)22-9-17(27)25-10-13(20)7-14(25)8-21/h12-14,22,26H,4-7,9-11H2,1-3H3. The van der Waals surface area contributed by atoms with Crippen molar-refractivity contribution in [2.24, 2.45) is 11.3 Å². The highest BCUT2D eigenvalue weighted by atomic mass is 19.1. The number of aromatic nitrogens is 2. The number of rotatable bonds is 6. The molecule has 0 aromatic carbocycles. The summed E-state index contributed by atoms with van der Waals surface area (Å²) in [5.41, 5.74) is -0.455. The minimum absolute atomic E-state index is 0.00745. The Morgan fingerprint density at radius 3 is 2.89 bits per heavy atom. The molecule has 1 aliphatic carbocycles. The van der Waals surface area contributed by atoms with Gasteiger partial charge in [-0.05, 0) is 31.1 Å². The molecule has 1 amide bonds. The Labute approximate surface area is 164 Å². The average Bonchev–Trinajstić information content (AvgIpc) is 3.33. The van der Waals surface area contributed by atoms with Gasteiger partial charge in [-0.15, -0.1) is 0 Å². The molecule has 1 aliphatic heterocycles. The third-order valence-corrected chi connectivity index (χ3v) is 6.86. The van der Waals surface area contributed by atoms with Crippen LogP contribution in [0.2, 0.25) is 0 Å². The van der Waals surface area contributed by atoms with Crippen LogP contribution in [0.25, 0.3) is 0 Å². The van der Waals surface area contributed by atoms with Crippen LogP contribution in [-0.4, -0.2) is 56.9 Å². The molecule has 2 aliphatic rings. The first-order valence-electron chi connectivity index (χ1n) is 9.70. The molecule has 9 heteroatoms. The van der Waals surface area contributed by atoms with Gasteiger partial charge in [-0.1, -0.05) is 19.0 Å². The maximum atomic E-state index is 13.6. The SMILES string of the molecule is CC1(NCC(=O)N2CC(F)CC2C#N)CCC(Cc2noc(CO)n2)C1(C)C. The predicted molar refractivity (Wildman–Crippen MR) is 97.5 cm³/mol. The molecule has 1 saturated carbocycles. The summed E-state index contributed by atoms with van der Waals surface area (Å²) in [5.74, 6) is 0.822. The van der Waals surface area contributed by atoms with Crippen LogP contribution < -0.4 is 5.32 Å². The van der Waals surface area contributed by atoms with E-state index >= 15 is 0 Å². The van der Waals surface area contributed by atoms with Crippen LogP contribution in [0.5, 0.6) is 0 Å². The number of hydrogen-bond donors (Lipinski definition) is 2. The summed E-state index contributed by atoms with van der Waals surface area (Å²) < 4.78 is 18.6. The largest absolute Gasteiger partial charge is 0.387 e. The maximum absolute atomic E-state index is 13.6. The monoisotopic (exact) mass is 393 g/mol. The molecule has 4 unspecified atom stereocenters. The maximum Gasteiger partial charge on any atom is 0.252 e. The molecule has 1 aromatic rings. The van der Waals surface area contributed by atoms with Crippen molar-refractivity contribution in [2.75, 3.05) is 13.1 Å². The van der Waals surface area contributed by atoms with Crippen LogP contribution in [0.4, 0.5) is 4.39 Å². The minimum Gasteiger partial charge on any atom is -0.387 e. The van der Waals surface area contributed by atoms with E-state index in [0.717, 1.165) is 12.8 Å². The lowest BCUT2D eigenvalue weighted by atomic mass is 9.70. The number of halogens is 1. The lowest BCUT2D eigenvalue weighted by molar-refractivity contribution is -0.131. The number of alkyl halides is 1. The average molecular weight is 393 g/mol. The number of aliphatic hydroxyl groups excluding tert-OH is 1. The molecule has 0 spiro atoms. The summed E-state index contributed by atoms with van der Waals surface area (Å²) in [5, 5.41) is 25.5. The van der Waals surface area contributed by atoms with Gasteiger partial charge in [0.25, 0.3) is 5.89 Å². The number of nitriles is 1. The number of nitrogens with zero attached hydrogens (tertiary/aromatic N) is 4. The molecule has 0 radical (unpaired) electrons. The van der Waals surface area contributed by atoms with Crippen molar-refractivity contribution >= 4 is 5.91 Å². The zero-order valence-corrected chi connectivity index (χ0v) is 16.6. The van der Waals surface area contributed by atoms with E-state index in [4.69, 9.17) is 14.9 Å². The van der Waals surface area contributed by atoms with Crippen LogP contribution in [-0.2, 0) is 17.8 Å². The van der Waals surface area contributed by atoms with Gasteiger partial charge in [0.15, 0.2) is 5.82 Å². The highest BCUT2D eigenvalue weighted by molar-refractivity contribution is 5.79. The smallest absolute Gasteiger partial charge is 0.252 e. The second-order valence-electron chi connectivity index (χ2n) is 8.63. The zero-order chi connectivity index (χ0) is 20.5. The quantitative estimate of drug-likeness (QED) is 0.749. The third-order valence-electron chi connectivity index (χ3n) is 6.86. The van der Waals surface area contributed by atoms with Crippen molar-refractivity contribution in [1.82, 2.24) is 20.4 Å². The first-order chi connectivity index (χ1) is 13.2. The van der Waals surface area contributed by atoms with Gasteiger partial charge in [-0.2, -0.15) is 10.2 Å². The van der Waals surface area contributed by atoms with Crippen molar-refractivity contribution in [1.29, 1.82) is 5.26 Å². The molecule has 4 atom stereocenters. The minimum atomic E-state index is -1.13. The van der Waals surface area contributed by atoms with Gasteiger partial charge in [0.05, 0.1) is 19.2 Å². The number of carbonyl (C=O) groups excluding carboxylic acids is 1. The lowest BCUT2D eigenvalue weighted by Crippen LogP contribution is -2.55. The normalized spacial score (nSPS) is 31.9. The van der Waals surface area contributed by atoms with E-state index < -0.39 is 12.2 Å². The van der Waals surface area contributed by atoms with Crippen LogP contribution in [0, 0.1) is 22.7 Å². The van der Waals surface area contributed by atoms with Gasteiger partial charge in [-0.25, -0.2) is 4.39 Å². The Morgan fingerprint density at radius 1 is 1.50 bits per heavy atom. The van der Waals surface area contributed by atoms with Gasteiger partial charge < -0.3 is 19.8 Å². The molecule has 1 saturated heterocycles. The van der Waals surface area contributed by atoms with Gasteiger partial charge in [0.1, 0.15) is 18.8 Å². The van der Waals surface area contributed by atoms with Crippen molar-refractivity contribution in [3.8, 4) is 6.07 Å². The summed E-state index contributed by atoms with van der Waals surface area (Å²) in [6.07, 6.45) is 1.40. The molecule has 154 valence electrons. The highest BCUT2D eigenvalue weighted by Crippen LogP contribution is 2.51. The number of carbonyl (C=O) groups is 1. The van der Waals surface area contributed by atoms with E-state index in [1.54, 1.807) is 0 Å². The molecule has 28 heavy (non-hydrogen) atoms. The van der Waals surface area contributed by atoms with Crippen molar-refractivity contribution in [2.45, 2.75) is 70.8 Å². The third kappa shape index (κ3) is 3.76. The topological polar surface area (TPSA) is 115 Å². The van der Waals surface area contributed by atoms with Gasteiger partial charge in [-0.3, -0.25) is 4.79 Å². The van der Waals surface area contributed by atoms with E-state index in [1.165, 1.54) is 4.90 Å². The fourth-order valence-corrected chi connectivity index (χ4v) is 4.48. The van der Waals surface area contributed by atoms with Crippen LogP contribution in [0.3, 0.4) is 0 Å². The Bertz CT molecular complexity index is 761. The lowest BCUT2D eigenvalue weighted by Gasteiger charge is -2.42. The number of likely N-dealkylation sites (tertiary alicyclic amines) is 1. The van der Waals surface area contributed by atoms with Crippen molar-refractivity contribution in [3.05, 3.63) is 11.7 Å². The molecular weight excluding hydrogens is 365 g/mol. The summed E-state index contributed by atoms with van der Waals surface area (Å²) in [7, 11) is 0. The van der Waals surface area contributed by atoms with Crippen LogP contribution in [0.15, 0.2) is 4.52 Å². The molecule has 2 fully saturated rings. The number of amides is 1. The Hall–Kier alpha value is -2.05. The summed E-state index contributed by atoms with van der Waals surface area (Å²) in [4.78, 5) is 18.1. The molecule has 1 aromatic heterocycles. The van der Waals surface area contributed by atoms with E-state index in [2.05, 4.69) is 36.2 Å². The molecule has 2 N–H and O–H groups in total. The van der Waals surface area contributed by atoms with Crippen molar-refractivity contribution < 1.29 is 18.8 Å². The van der Waals surface area contributed by atoms with E-state index in [-0.39, 0.29) is 54.8 Å². The number of hydrogen-bond acceptors (Lipinski definition) is 7. The molecular formula is C19H28FN5O3. The first-order valence-corrected chi connectivity index (χ1v) is 9.70. The summed E-state index contributed by atoms with van der Waals surface area (Å²) >= 11 is 0. The zero-order valence-electron chi connectivity index (χ0n) is 16.6. The molecule has 0 bridgehead atoms. The Morgan fingerprint density at radius 2 is 2.25 bits per heavy atom. The first kappa shape index (κ1) is 20.7. The Kier molecular flexibility index (Phi) is 5.73. The molecule has 8 nitrogen and oxygen atoms in total. The number of aliphatic hydroxyl groups is 1. The van der Waals surface area contributed by atoms with Crippen molar-refractivity contribution in [3.63, 3.8) is 0 Å². The van der Waals surface area contributed by atoms with Gasteiger partial charge in [0, 0.05) is 18.4 Å². The summed E-state index contributed by atoms with van der Waals surface area (Å²) in [6.45, 7) is 6.20. The number of nitrogens with one attached hydrogen (secondary N) is 1. The Balaban J connectivity index is 1.62. The van der Waals surface area contributed by atoms with Crippen LogP contribution in [0.1, 0.15) is 51.7 Å². The van der Waals surface area contributed by atoms with E-state index in [9.17, 15) is 9.18 Å². The second kappa shape index (κ2) is 7.76. The highest BCUT2D eigenvalue weighted by Gasteiger charge is 2.51. The second-order valence-corrected chi connectivity index (χ2v) is 8.63.